The van der Waals surface area contributed by atoms with Gasteiger partial charge in [0.15, 0.2) is 6.29 Å². The van der Waals surface area contributed by atoms with Crippen LogP contribution in [-0.4, -0.2) is 29.6 Å². The van der Waals surface area contributed by atoms with Crippen LogP contribution >= 0.6 is 0 Å². The predicted molar refractivity (Wildman–Crippen MR) is 57.6 cm³/mol. The van der Waals surface area contributed by atoms with Crippen molar-refractivity contribution >= 4 is 5.97 Å². The average molecular weight is 228 g/mol. The van der Waals surface area contributed by atoms with Gasteiger partial charge in [-0.15, -0.1) is 0 Å². The summed E-state index contributed by atoms with van der Waals surface area (Å²) in [5.41, 5.74) is 0. The van der Waals surface area contributed by atoms with Crippen molar-refractivity contribution in [1.29, 1.82) is 0 Å². The van der Waals surface area contributed by atoms with E-state index in [1.165, 1.54) is 19.3 Å². The second-order valence-electron chi connectivity index (χ2n) is 4.74. The van der Waals surface area contributed by atoms with Gasteiger partial charge in [-0.05, 0) is 6.42 Å². The lowest BCUT2D eigenvalue weighted by Crippen LogP contribution is -2.25. The van der Waals surface area contributed by atoms with Gasteiger partial charge in [-0.2, -0.15) is 0 Å². The summed E-state index contributed by atoms with van der Waals surface area (Å²) in [5, 5.41) is 9.64. The molecule has 2 rings (SSSR count). The highest BCUT2D eigenvalue weighted by Crippen LogP contribution is 2.38. The molecule has 0 aromatic carbocycles. The summed E-state index contributed by atoms with van der Waals surface area (Å²) < 4.78 is 10.6. The number of hydrogen-bond acceptors (Lipinski definition) is 4. The Labute approximate surface area is 95.9 Å². The normalized spacial score (nSPS) is 37.5. The van der Waals surface area contributed by atoms with E-state index in [9.17, 15) is 9.90 Å². The highest BCUT2D eigenvalue weighted by Gasteiger charge is 2.50. The van der Waals surface area contributed by atoms with Crippen molar-refractivity contribution < 1.29 is 19.4 Å². The minimum absolute atomic E-state index is 0.0942. The molecule has 0 aliphatic carbocycles. The van der Waals surface area contributed by atoms with Gasteiger partial charge < -0.3 is 14.6 Å². The minimum Gasteiger partial charge on any atom is -0.459 e. The van der Waals surface area contributed by atoms with Gasteiger partial charge in [-0.3, -0.25) is 4.79 Å². The van der Waals surface area contributed by atoms with Gasteiger partial charge in [0.25, 0.3) is 0 Å². The lowest BCUT2D eigenvalue weighted by Gasteiger charge is -2.15. The molecule has 0 saturated carbocycles. The van der Waals surface area contributed by atoms with Crippen LogP contribution in [0.25, 0.3) is 0 Å². The molecule has 4 heteroatoms. The number of hydrogen-bond donors (Lipinski definition) is 1. The number of esters is 1. The van der Waals surface area contributed by atoms with Crippen LogP contribution in [0.3, 0.4) is 0 Å². The Morgan fingerprint density at radius 2 is 2.19 bits per heavy atom. The number of carbonyl (C=O) groups is 1. The van der Waals surface area contributed by atoms with E-state index in [1.54, 1.807) is 0 Å². The molecule has 0 aromatic heterocycles. The minimum atomic E-state index is -0.812. The van der Waals surface area contributed by atoms with Crippen LogP contribution in [0.5, 0.6) is 0 Å². The average Bonchev–Trinajstić information content (AvgIpc) is 2.75. The van der Waals surface area contributed by atoms with Gasteiger partial charge in [0.1, 0.15) is 6.10 Å². The highest BCUT2D eigenvalue weighted by atomic mass is 16.7. The fraction of sp³-hybridized carbons (Fsp3) is 0.917. The first-order valence-corrected chi connectivity index (χ1v) is 6.25. The number of unbranched alkanes of at least 4 members (excludes halogenated alkanes) is 3. The molecule has 2 fully saturated rings. The molecular weight excluding hydrogens is 208 g/mol. The van der Waals surface area contributed by atoms with Crippen molar-refractivity contribution in [1.82, 2.24) is 0 Å². The number of ether oxygens (including phenoxy) is 2. The van der Waals surface area contributed by atoms with Crippen molar-refractivity contribution in [2.24, 2.45) is 5.92 Å². The molecule has 2 aliphatic rings. The van der Waals surface area contributed by atoms with Gasteiger partial charge in [-0.25, -0.2) is 0 Å². The molecule has 1 N–H and O–H groups in total. The first kappa shape index (κ1) is 11.9. The number of aliphatic hydroxyl groups is 1. The Morgan fingerprint density at radius 3 is 2.94 bits per heavy atom. The fourth-order valence-electron chi connectivity index (χ4n) is 2.57. The van der Waals surface area contributed by atoms with Crippen molar-refractivity contribution in [3.05, 3.63) is 0 Å². The maximum Gasteiger partial charge on any atom is 0.306 e. The Balaban J connectivity index is 1.80. The molecule has 16 heavy (non-hydrogen) atoms. The summed E-state index contributed by atoms with van der Waals surface area (Å²) in [6.07, 6.45) is 4.75. The lowest BCUT2D eigenvalue weighted by molar-refractivity contribution is -0.152. The third-order valence-electron chi connectivity index (χ3n) is 3.48. The molecule has 92 valence electrons. The molecule has 2 heterocycles. The Hall–Kier alpha value is -0.610. The Kier molecular flexibility index (Phi) is 3.82. The van der Waals surface area contributed by atoms with Gasteiger partial charge >= 0.3 is 5.97 Å². The second-order valence-corrected chi connectivity index (χ2v) is 4.74. The topological polar surface area (TPSA) is 55.8 Å². The van der Waals surface area contributed by atoms with E-state index in [-0.39, 0.29) is 24.1 Å². The molecule has 0 spiro atoms. The summed E-state index contributed by atoms with van der Waals surface area (Å²) in [6, 6.07) is 0. The van der Waals surface area contributed by atoms with E-state index >= 15 is 0 Å². The lowest BCUT2D eigenvalue weighted by atomic mass is 9.97. The smallest absolute Gasteiger partial charge is 0.306 e. The van der Waals surface area contributed by atoms with Crippen LogP contribution in [0, 0.1) is 5.92 Å². The first-order valence-electron chi connectivity index (χ1n) is 6.25. The maximum absolute atomic E-state index is 11.1. The standard InChI is InChI=1S/C12H20O4/c1-2-3-4-5-6-9-11-8(12(14)15-9)7-10(13)16-11/h8-9,11-12,14H,2-7H2,1H3/t8-,9+,11+,12-/m0/s1. The predicted octanol–water partition coefficient (Wildman–Crippen LogP) is 1.61. The number of aliphatic hydroxyl groups excluding tert-OH is 1. The van der Waals surface area contributed by atoms with Crippen molar-refractivity contribution in [3.63, 3.8) is 0 Å². The van der Waals surface area contributed by atoms with Crippen molar-refractivity contribution in [2.45, 2.75) is 63.9 Å². The fourth-order valence-corrected chi connectivity index (χ4v) is 2.57. The van der Waals surface area contributed by atoms with Crippen molar-refractivity contribution in [2.75, 3.05) is 0 Å². The summed E-state index contributed by atoms with van der Waals surface area (Å²) in [4.78, 5) is 11.1. The van der Waals surface area contributed by atoms with E-state index in [4.69, 9.17) is 9.47 Å². The number of rotatable bonds is 5. The monoisotopic (exact) mass is 228 g/mol. The van der Waals surface area contributed by atoms with Crippen LogP contribution in [0.4, 0.5) is 0 Å². The summed E-state index contributed by atoms with van der Waals surface area (Å²) in [6.45, 7) is 2.17. The van der Waals surface area contributed by atoms with E-state index < -0.39 is 6.29 Å². The molecule has 2 aliphatic heterocycles. The summed E-state index contributed by atoms with van der Waals surface area (Å²) >= 11 is 0. The summed E-state index contributed by atoms with van der Waals surface area (Å²) in [5.74, 6) is -0.334. The molecule has 0 radical (unpaired) electrons. The van der Waals surface area contributed by atoms with E-state index in [1.807, 2.05) is 0 Å². The SMILES string of the molecule is CCCCCC[C@H]1O[C@H](O)[C@H]2CC(=O)O[C@H]21. The molecule has 0 amide bonds. The van der Waals surface area contributed by atoms with Gasteiger partial charge in [0.2, 0.25) is 0 Å². The quantitative estimate of drug-likeness (QED) is 0.573. The first-order chi connectivity index (χ1) is 7.72. The van der Waals surface area contributed by atoms with E-state index in [2.05, 4.69) is 6.92 Å². The zero-order chi connectivity index (χ0) is 11.5. The van der Waals surface area contributed by atoms with Crippen LogP contribution < -0.4 is 0 Å². The van der Waals surface area contributed by atoms with E-state index in [0.717, 1.165) is 12.8 Å². The van der Waals surface area contributed by atoms with Crippen LogP contribution in [0.15, 0.2) is 0 Å². The third-order valence-corrected chi connectivity index (χ3v) is 3.48. The zero-order valence-corrected chi connectivity index (χ0v) is 9.72. The highest BCUT2D eigenvalue weighted by molar-refractivity contribution is 5.72. The van der Waals surface area contributed by atoms with Crippen molar-refractivity contribution in [3.8, 4) is 0 Å². The largest absolute Gasteiger partial charge is 0.459 e. The Bertz CT molecular complexity index is 253. The molecule has 2 saturated heterocycles. The van der Waals surface area contributed by atoms with Gasteiger partial charge in [0, 0.05) is 0 Å². The molecule has 0 aromatic rings. The second kappa shape index (κ2) is 5.15. The zero-order valence-electron chi connectivity index (χ0n) is 9.72. The van der Waals surface area contributed by atoms with Gasteiger partial charge in [-0.1, -0.05) is 32.6 Å². The molecule has 0 bridgehead atoms. The molecule has 4 atom stereocenters. The number of carbonyl (C=O) groups excluding carboxylic acids is 1. The summed E-state index contributed by atoms with van der Waals surface area (Å²) in [7, 11) is 0. The Morgan fingerprint density at radius 1 is 1.38 bits per heavy atom. The maximum atomic E-state index is 11.1. The molecule has 4 nitrogen and oxygen atoms in total. The van der Waals surface area contributed by atoms with E-state index in [0.29, 0.717) is 6.42 Å². The number of fused-ring (bicyclic) bond motifs is 1. The molecule has 0 unspecified atom stereocenters. The van der Waals surface area contributed by atoms with Gasteiger partial charge in [0.05, 0.1) is 18.4 Å². The van der Waals surface area contributed by atoms with Crippen LogP contribution in [0.2, 0.25) is 0 Å². The molecular formula is C12H20O4. The van der Waals surface area contributed by atoms with Crippen LogP contribution in [0.1, 0.15) is 45.4 Å². The van der Waals surface area contributed by atoms with Crippen LogP contribution in [-0.2, 0) is 14.3 Å². The third kappa shape index (κ3) is 2.38.